The lowest BCUT2D eigenvalue weighted by molar-refractivity contribution is 0.201. The van der Waals surface area contributed by atoms with Crippen molar-refractivity contribution < 1.29 is 21.8 Å². The molecule has 10 heteroatoms. The number of benzene rings is 2. The molecule has 2 amide bonds. The third-order valence-electron chi connectivity index (χ3n) is 4.24. The summed E-state index contributed by atoms with van der Waals surface area (Å²) in [6.07, 6.45) is 1.52. The SMILES string of the molecule is CCS(=O)(=O)Oc1cccc(CN(Cc2ccco2)C(=O)Nc2ccc(Cl)cc2Cl)c1. The highest BCUT2D eigenvalue weighted by Crippen LogP contribution is 2.26. The van der Waals surface area contributed by atoms with Gasteiger partial charge in [0.25, 0.3) is 0 Å². The van der Waals surface area contributed by atoms with Crippen LogP contribution in [0.15, 0.2) is 65.3 Å². The molecule has 0 spiro atoms. The number of rotatable bonds is 8. The van der Waals surface area contributed by atoms with E-state index in [1.54, 1.807) is 48.5 Å². The number of furan rings is 1. The highest BCUT2D eigenvalue weighted by atomic mass is 35.5. The first kappa shape index (κ1) is 23.0. The van der Waals surface area contributed by atoms with Gasteiger partial charge in [0.1, 0.15) is 11.5 Å². The van der Waals surface area contributed by atoms with E-state index in [4.69, 9.17) is 31.8 Å². The summed E-state index contributed by atoms with van der Waals surface area (Å²) in [5, 5.41) is 3.52. The number of anilines is 1. The van der Waals surface area contributed by atoms with Gasteiger partial charge in [-0.05, 0) is 55.0 Å². The molecule has 1 aromatic heterocycles. The number of nitrogens with zero attached hydrogens (tertiary/aromatic N) is 1. The zero-order chi connectivity index (χ0) is 22.4. The van der Waals surface area contributed by atoms with Gasteiger partial charge in [-0.15, -0.1) is 0 Å². The van der Waals surface area contributed by atoms with Crippen LogP contribution in [0, 0.1) is 0 Å². The number of hydrogen-bond acceptors (Lipinski definition) is 5. The fraction of sp³-hybridized carbons (Fsp3) is 0.190. The summed E-state index contributed by atoms with van der Waals surface area (Å²) >= 11 is 12.1. The molecular weight excluding hydrogens is 463 g/mol. The fourth-order valence-electron chi connectivity index (χ4n) is 2.70. The summed E-state index contributed by atoms with van der Waals surface area (Å²) in [4.78, 5) is 14.5. The number of hydrogen-bond donors (Lipinski definition) is 1. The van der Waals surface area contributed by atoms with Gasteiger partial charge in [0.05, 0.1) is 29.3 Å². The predicted octanol–water partition coefficient (Wildman–Crippen LogP) is 5.55. The maximum absolute atomic E-state index is 13.0. The summed E-state index contributed by atoms with van der Waals surface area (Å²) < 4.78 is 33.9. The summed E-state index contributed by atoms with van der Waals surface area (Å²) in [6.45, 7) is 1.85. The fourth-order valence-corrected chi connectivity index (χ4v) is 3.67. The second-order valence-corrected chi connectivity index (χ2v) is 9.27. The molecule has 0 unspecified atom stereocenters. The Morgan fingerprint density at radius 3 is 2.58 bits per heavy atom. The van der Waals surface area contributed by atoms with Crippen molar-refractivity contribution in [3.05, 3.63) is 82.2 Å². The van der Waals surface area contributed by atoms with Crippen LogP contribution in [0.3, 0.4) is 0 Å². The van der Waals surface area contributed by atoms with Gasteiger partial charge >= 0.3 is 16.1 Å². The quantitative estimate of drug-likeness (QED) is 0.425. The largest absolute Gasteiger partial charge is 0.467 e. The molecule has 3 rings (SSSR count). The monoisotopic (exact) mass is 482 g/mol. The molecule has 0 aliphatic carbocycles. The number of nitrogens with one attached hydrogen (secondary N) is 1. The Hall–Kier alpha value is -2.68. The standard InChI is InChI=1S/C21H20Cl2N2O5S/c1-2-31(27,28)30-17-6-3-5-15(11-17)13-25(14-18-7-4-10-29-18)21(26)24-20-9-8-16(22)12-19(20)23/h3-12H,2,13-14H2,1H3,(H,24,26). The molecule has 0 saturated heterocycles. The van der Waals surface area contributed by atoms with Gasteiger partial charge in [-0.2, -0.15) is 8.42 Å². The van der Waals surface area contributed by atoms with E-state index in [0.717, 1.165) is 0 Å². The summed E-state index contributed by atoms with van der Waals surface area (Å²) in [5.41, 5.74) is 1.08. The van der Waals surface area contributed by atoms with E-state index >= 15 is 0 Å². The van der Waals surface area contributed by atoms with Gasteiger partial charge in [0.2, 0.25) is 0 Å². The Balaban J connectivity index is 1.81. The third kappa shape index (κ3) is 6.65. The maximum Gasteiger partial charge on any atom is 0.322 e. The van der Waals surface area contributed by atoms with Crippen molar-refractivity contribution >= 4 is 45.0 Å². The Labute approximate surface area is 190 Å². The van der Waals surface area contributed by atoms with Gasteiger partial charge in [0.15, 0.2) is 0 Å². The number of urea groups is 1. The highest BCUT2D eigenvalue weighted by Gasteiger charge is 2.18. The normalized spacial score (nSPS) is 11.2. The summed E-state index contributed by atoms with van der Waals surface area (Å²) in [6, 6.07) is 14.4. The lowest BCUT2D eigenvalue weighted by Crippen LogP contribution is -2.34. The average Bonchev–Trinajstić information content (AvgIpc) is 3.23. The molecule has 0 bridgehead atoms. The Morgan fingerprint density at radius 1 is 1.10 bits per heavy atom. The van der Waals surface area contributed by atoms with Crippen molar-refractivity contribution in [2.24, 2.45) is 0 Å². The zero-order valence-electron chi connectivity index (χ0n) is 16.5. The molecule has 0 aliphatic heterocycles. The minimum absolute atomic E-state index is 0.147. The molecule has 7 nitrogen and oxygen atoms in total. The van der Waals surface area contributed by atoms with Gasteiger partial charge in [-0.3, -0.25) is 0 Å². The van der Waals surface area contributed by atoms with E-state index in [1.807, 2.05) is 0 Å². The summed E-state index contributed by atoms with van der Waals surface area (Å²) in [7, 11) is -3.66. The lowest BCUT2D eigenvalue weighted by Gasteiger charge is -2.23. The first-order valence-electron chi connectivity index (χ1n) is 9.30. The molecule has 0 aliphatic rings. The smallest absolute Gasteiger partial charge is 0.322 e. The topological polar surface area (TPSA) is 88.9 Å². The van der Waals surface area contributed by atoms with Crippen molar-refractivity contribution in [3.63, 3.8) is 0 Å². The Kier molecular flexibility index (Phi) is 7.48. The number of carbonyl (C=O) groups is 1. The molecule has 3 aromatic rings. The molecule has 0 fully saturated rings. The molecule has 0 saturated carbocycles. The Morgan fingerprint density at radius 2 is 1.90 bits per heavy atom. The van der Waals surface area contributed by atoms with Crippen LogP contribution in [0.1, 0.15) is 18.2 Å². The molecule has 0 radical (unpaired) electrons. The van der Waals surface area contributed by atoms with Crippen LogP contribution < -0.4 is 9.50 Å². The van der Waals surface area contributed by atoms with Crippen LogP contribution in [0.2, 0.25) is 10.0 Å². The van der Waals surface area contributed by atoms with E-state index in [1.165, 1.54) is 24.2 Å². The molecule has 1 N–H and O–H groups in total. The van der Waals surface area contributed by atoms with Crippen molar-refractivity contribution in [1.29, 1.82) is 0 Å². The number of amides is 2. The van der Waals surface area contributed by atoms with Crippen molar-refractivity contribution in [3.8, 4) is 5.75 Å². The minimum Gasteiger partial charge on any atom is -0.467 e. The van der Waals surface area contributed by atoms with E-state index in [2.05, 4.69) is 5.32 Å². The minimum atomic E-state index is -3.66. The van der Waals surface area contributed by atoms with Crippen LogP contribution >= 0.6 is 23.2 Å². The van der Waals surface area contributed by atoms with Crippen LogP contribution in [0.5, 0.6) is 5.75 Å². The van der Waals surface area contributed by atoms with Crippen LogP contribution in [-0.4, -0.2) is 25.1 Å². The first-order valence-corrected chi connectivity index (χ1v) is 11.6. The van der Waals surface area contributed by atoms with Crippen LogP contribution in [0.4, 0.5) is 10.5 Å². The number of halogens is 2. The third-order valence-corrected chi connectivity index (χ3v) is 5.94. The van der Waals surface area contributed by atoms with E-state index in [-0.39, 0.29) is 24.6 Å². The maximum atomic E-state index is 13.0. The predicted molar refractivity (Wildman–Crippen MR) is 120 cm³/mol. The molecule has 31 heavy (non-hydrogen) atoms. The van der Waals surface area contributed by atoms with Crippen molar-refractivity contribution in [2.45, 2.75) is 20.0 Å². The Bertz CT molecular complexity index is 1150. The van der Waals surface area contributed by atoms with Gasteiger partial charge in [0, 0.05) is 11.6 Å². The molecule has 2 aromatic carbocycles. The van der Waals surface area contributed by atoms with Crippen molar-refractivity contribution in [1.82, 2.24) is 4.90 Å². The molecule has 164 valence electrons. The van der Waals surface area contributed by atoms with E-state index in [9.17, 15) is 13.2 Å². The first-order chi connectivity index (χ1) is 14.8. The van der Waals surface area contributed by atoms with Gasteiger partial charge in [-0.1, -0.05) is 35.3 Å². The van der Waals surface area contributed by atoms with Gasteiger partial charge in [-0.25, -0.2) is 4.79 Å². The van der Waals surface area contributed by atoms with E-state index in [0.29, 0.717) is 27.1 Å². The molecular formula is C21H20Cl2N2O5S. The highest BCUT2D eigenvalue weighted by molar-refractivity contribution is 7.87. The molecule has 1 heterocycles. The van der Waals surface area contributed by atoms with E-state index < -0.39 is 16.1 Å². The summed E-state index contributed by atoms with van der Waals surface area (Å²) in [5.74, 6) is 0.614. The second kappa shape index (κ2) is 10.1. The molecule has 0 atom stereocenters. The average molecular weight is 483 g/mol. The second-order valence-electron chi connectivity index (χ2n) is 6.57. The zero-order valence-corrected chi connectivity index (χ0v) is 18.9. The van der Waals surface area contributed by atoms with Crippen LogP contribution in [-0.2, 0) is 23.2 Å². The van der Waals surface area contributed by atoms with Gasteiger partial charge < -0.3 is 18.8 Å². The lowest BCUT2D eigenvalue weighted by atomic mass is 10.2. The van der Waals surface area contributed by atoms with Crippen LogP contribution in [0.25, 0.3) is 0 Å². The number of carbonyl (C=O) groups excluding carboxylic acids is 1. The van der Waals surface area contributed by atoms with Crippen molar-refractivity contribution in [2.75, 3.05) is 11.1 Å².